The largest absolute Gasteiger partial charge is 0.462 e. The first-order valence-corrected chi connectivity index (χ1v) is 8.30. The molecule has 3 N–H and O–H groups in total. The van der Waals surface area contributed by atoms with Crippen molar-refractivity contribution >= 4 is 29.5 Å². The lowest BCUT2D eigenvalue weighted by Crippen LogP contribution is -2.33. The molecule has 1 fully saturated rings. The van der Waals surface area contributed by atoms with Crippen molar-refractivity contribution in [3.05, 3.63) is 11.8 Å². The number of esters is 1. The number of nitrogen functional groups attached to an aromatic ring is 1. The molecule has 1 saturated carbocycles. The predicted molar refractivity (Wildman–Crippen MR) is 83.5 cm³/mol. The number of ether oxygens (including phenoxy) is 1. The number of nitrogens with zero attached hydrogens (tertiary/aromatic N) is 2. The van der Waals surface area contributed by atoms with E-state index < -0.39 is 5.97 Å². The van der Waals surface area contributed by atoms with Crippen molar-refractivity contribution in [2.24, 2.45) is 0 Å². The summed E-state index contributed by atoms with van der Waals surface area (Å²) in [5.74, 6) is -0.287. The van der Waals surface area contributed by atoms with Gasteiger partial charge in [-0.2, -0.15) is 0 Å². The third-order valence-corrected chi connectivity index (χ3v) is 4.21. The highest BCUT2D eigenvalue weighted by atomic mass is 32.2. The van der Waals surface area contributed by atoms with E-state index in [2.05, 4.69) is 15.3 Å². The monoisotopic (exact) mass is 324 g/mol. The van der Waals surface area contributed by atoms with Crippen LogP contribution in [0.2, 0.25) is 0 Å². The van der Waals surface area contributed by atoms with Crippen LogP contribution >= 0.6 is 11.8 Å². The lowest BCUT2D eigenvalue weighted by atomic mass is 10.2. The number of carbonyl (C=O) groups is 2. The zero-order valence-corrected chi connectivity index (χ0v) is 13.3. The van der Waals surface area contributed by atoms with E-state index in [1.807, 2.05) is 0 Å². The van der Waals surface area contributed by atoms with Crippen molar-refractivity contribution in [2.45, 2.75) is 43.8 Å². The minimum Gasteiger partial charge on any atom is -0.462 e. The zero-order valence-electron chi connectivity index (χ0n) is 12.5. The predicted octanol–water partition coefficient (Wildman–Crippen LogP) is 1.39. The molecular formula is C14H20N4O3S. The summed E-state index contributed by atoms with van der Waals surface area (Å²) in [6.45, 7) is 1.97. The Hall–Kier alpha value is -1.83. The van der Waals surface area contributed by atoms with Gasteiger partial charge in [-0.05, 0) is 19.8 Å². The first-order chi connectivity index (χ1) is 10.6. The lowest BCUT2D eigenvalue weighted by Gasteiger charge is -2.11. The number of anilines is 1. The number of thioether (sulfide) groups is 1. The van der Waals surface area contributed by atoms with Crippen molar-refractivity contribution in [1.82, 2.24) is 15.3 Å². The van der Waals surface area contributed by atoms with Crippen LogP contribution in [0.3, 0.4) is 0 Å². The first kappa shape index (κ1) is 16.5. The summed E-state index contributed by atoms with van der Waals surface area (Å²) in [6, 6.07) is 0.297. The molecule has 0 radical (unpaired) electrons. The maximum absolute atomic E-state index is 11.8. The highest BCUT2D eigenvalue weighted by Gasteiger charge is 2.18. The van der Waals surface area contributed by atoms with Gasteiger partial charge in [0.25, 0.3) is 0 Å². The van der Waals surface area contributed by atoms with Gasteiger partial charge in [0.05, 0.1) is 12.4 Å². The number of hydrogen-bond acceptors (Lipinski definition) is 7. The fraction of sp³-hybridized carbons (Fsp3) is 0.571. The minimum absolute atomic E-state index is 0.0338. The number of amides is 1. The smallest absolute Gasteiger partial charge is 0.343 e. The molecule has 0 spiro atoms. The van der Waals surface area contributed by atoms with Crippen LogP contribution in [-0.2, 0) is 9.53 Å². The highest BCUT2D eigenvalue weighted by Crippen LogP contribution is 2.19. The normalized spacial score (nSPS) is 14.8. The topological polar surface area (TPSA) is 107 Å². The second kappa shape index (κ2) is 7.98. The molecule has 22 heavy (non-hydrogen) atoms. The number of aromatic nitrogens is 2. The van der Waals surface area contributed by atoms with Crippen LogP contribution in [0.5, 0.6) is 0 Å². The number of hydrogen-bond donors (Lipinski definition) is 2. The first-order valence-electron chi connectivity index (χ1n) is 7.32. The Bertz CT molecular complexity index is 547. The highest BCUT2D eigenvalue weighted by molar-refractivity contribution is 7.99. The van der Waals surface area contributed by atoms with Crippen molar-refractivity contribution < 1.29 is 14.3 Å². The van der Waals surface area contributed by atoms with Gasteiger partial charge >= 0.3 is 5.97 Å². The third-order valence-electron chi connectivity index (χ3n) is 3.34. The molecule has 1 aromatic heterocycles. The average molecular weight is 324 g/mol. The van der Waals surface area contributed by atoms with E-state index in [1.165, 1.54) is 30.8 Å². The molecule has 1 aliphatic rings. The summed E-state index contributed by atoms with van der Waals surface area (Å²) < 4.78 is 4.85. The molecule has 2 rings (SSSR count). The van der Waals surface area contributed by atoms with Crippen LogP contribution < -0.4 is 11.1 Å². The molecule has 0 saturated heterocycles. The van der Waals surface area contributed by atoms with Gasteiger partial charge in [0.2, 0.25) is 5.91 Å². The maximum Gasteiger partial charge on any atom is 0.343 e. The van der Waals surface area contributed by atoms with Crippen LogP contribution in [0.15, 0.2) is 11.4 Å². The maximum atomic E-state index is 11.8. The van der Waals surface area contributed by atoms with Gasteiger partial charge in [0.15, 0.2) is 5.16 Å². The quantitative estimate of drug-likeness (QED) is 0.462. The molecule has 0 bridgehead atoms. The molecule has 1 heterocycles. The number of carbonyl (C=O) groups excluding carboxylic acids is 2. The van der Waals surface area contributed by atoms with Crippen molar-refractivity contribution in [2.75, 3.05) is 18.1 Å². The van der Waals surface area contributed by atoms with E-state index >= 15 is 0 Å². The standard InChI is InChI=1S/C14H20N4O3S/c1-2-21-13(20)10-7-16-14(18-12(10)15)22-8-11(19)17-9-5-3-4-6-9/h7,9H,2-6,8H2,1H3,(H,17,19)(H2,15,16,18). The van der Waals surface area contributed by atoms with Crippen LogP contribution in [0.25, 0.3) is 0 Å². The molecule has 0 aliphatic heterocycles. The Morgan fingerprint density at radius 2 is 2.18 bits per heavy atom. The Labute approximate surface area is 133 Å². The number of rotatable bonds is 6. The Balaban J connectivity index is 1.86. The lowest BCUT2D eigenvalue weighted by molar-refractivity contribution is -0.119. The number of nitrogens with two attached hydrogens (primary N) is 1. The second-order valence-electron chi connectivity index (χ2n) is 5.01. The summed E-state index contributed by atoms with van der Waals surface area (Å²) in [5, 5.41) is 3.36. The Morgan fingerprint density at radius 1 is 1.45 bits per heavy atom. The van der Waals surface area contributed by atoms with Gasteiger partial charge < -0.3 is 15.8 Å². The van der Waals surface area contributed by atoms with Crippen molar-refractivity contribution in [1.29, 1.82) is 0 Å². The van der Waals surface area contributed by atoms with Crippen LogP contribution in [0.4, 0.5) is 5.82 Å². The molecule has 120 valence electrons. The summed E-state index contributed by atoms with van der Waals surface area (Å²) >= 11 is 1.19. The molecule has 0 atom stereocenters. The summed E-state index contributed by atoms with van der Waals surface area (Å²) in [7, 11) is 0. The molecular weight excluding hydrogens is 304 g/mol. The van der Waals surface area contributed by atoms with E-state index in [0.29, 0.717) is 11.2 Å². The van der Waals surface area contributed by atoms with E-state index in [4.69, 9.17) is 10.5 Å². The molecule has 1 aliphatic carbocycles. The van der Waals surface area contributed by atoms with Gasteiger partial charge in [-0.25, -0.2) is 14.8 Å². The Morgan fingerprint density at radius 3 is 2.82 bits per heavy atom. The summed E-state index contributed by atoms with van der Waals surface area (Å²) in [4.78, 5) is 31.5. The summed E-state index contributed by atoms with van der Waals surface area (Å²) in [6.07, 6.45) is 5.78. The second-order valence-corrected chi connectivity index (χ2v) is 5.95. The van der Waals surface area contributed by atoms with Crippen LogP contribution in [0.1, 0.15) is 43.0 Å². The van der Waals surface area contributed by atoms with E-state index in [-0.39, 0.29) is 29.6 Å². The molecule has 1 aromatic rings. The fourth-order valence-corrected chi connectivity index (χ4v) is 2.92. The van der Waals surface area contributed by atoms with Crippen molar-refractivity contribution in [3.63, 3.8) is 0 Å². The molecule has 1 amide bonds. The summed E-state index contributed by atoms with van der Waals surface area (Å²) in [5.41, 5.74) is 5.87. The average Bonchev–Trinajstić information content (AvgIpc) is 2.98. The van der Waals surface area contributed by atoms with E-state index in [1.54, 1.807) is 6.92 Å². The zero-order chi connectivity index (χ0) is 15.9. The number of nitrogens with one attached hydrogen (secondary N) is 1. The van der Waals surface area contributed by atoms with E-state index in [9.17, 15) is 9.59 Å². The molecule has 7 nitrogen and oxygen atoms in total. The SMILES string of the molecule is CCOC(=O)c1cnc(SCC(=O)NC2CCCC2)nc1N. The molecule has 0 unspecified atom stereocenters. The Kier molecular flexibility index (Phi) is 6.00. The minimum atomic E-state index is -0.546. The van der Waals surface area contributed by atoms with Gasteiger partial charge in [-0.1, -0.05) is 24.6 Å². The van der Waals surface area contributed by atoms with Gasteiger partial charge in [0.1, 0.15) is 11.4 Å². The van der Waals surface area contributed by atoms with Gasteiger partial charge in [-0.15, -0.1) is 0 Å². The van der Waals surface area contributed by atoms with Crippen LogP contribution in [-0.4, -0.2) is 40.2 Å². The van der Waals surface area contributed by atoms with Gasteiger partial charge in [0, 0.05) is 12.2 Å². The third kappa shape index (κ3) is 4.59. The van der Waals surface area contributed by atoms with Gasteiger partial charge in [-0.3, -0.25) is 4.79 Å². The van der Waals surface area contributed by atoms with Crippen molar-refractivity contribution in [3.8, 4) is 0 Å². The van der Waals surface area contributed by atoms with Crippen LogP contribution in [0, 0.1) is 0 Å². The van der Waals surface area contributed by atoms with E-state index in [0.717, 1.165) is 12.8 Å². The fourth-order valence-electron chi connectivity index (χ4n) is 2.28. The molecule has 8 heteroatoms. The molecule has 0 aromatic carbocycles.